The van der Waals surface area contributed by atoms with Crippen LogP contribution >= 0.6 is 11.6 Å². The molecule has 0 amide bonds. The van der Waals surface area contributed by atoms with Gasteiger partial charge in [-0.1, -0.05) is 11.6 Å². The molecular weight excluding hydrogens is 274 g/mol. The van der Waals surface area contributed by atoms with Crippen molar-refractivity contribution in [1.82, 2.24) is 9.78 Å². The van der Waals surface area contributed by atoms with Crippen molar-refractivity contribution in [2.45, 2.75) is 13.3 Å². The Hall–Kier alpha value is -1.75. The molecule has 100 valence electrons. The van der Waals surface area contributed by atoms with Crippen molar-refractivity contribution in [1.29, 1.82) is 0 Å². The van der Waals surface area contributed by atoms with Gasteiger partial charge in [-0.05, 0) is 25.1 Å². The molecule has 0 unspecified atom stereocenters. The van der Waals surface area contributed by atoms with Crippen LogP contribution in [0.25, 0.3) is 0 Å². The Bertz CT molecular complexity index is 652. The molecular formula is C13H11ClF2N2O. The Morgan fingerprint density at radius 3 is 2.58 bits per heavy atom. The number of nitrogens with zero attached hydrogens (tertiary/aromatic N) is 2. The molecule has 0 N–H and O–H groups in total. The van der Waals surface area contributed by atoms with Crippen LogP contribution in [-0.4, -0.2) is 15.6 Å². The highest BCUT2D eigenvalue weighted by Gasteiger charge is 2.17. The number of Topliss-reactive ketones (excluding diaryl/α,β-unsaturated/α-hetero) is 1. The van der Waals surface area contributed by atoms with Crippen LogP contribution in [-0.2, 0) is 13.5 Å². The van der Waals surface area contributed by atoms with Crippen molar-refractivity contribution < 1.29 is 13.6 Å². The average Bonchev–Trinajstić information content (AvgIpc) is 2.59. The molecule has 3 nitrogen and oxygen atoms in total. The van der Waals surface area contributed by atoms with E-state index in [1.807, 2.05) is 0 Å². The first-order chi connectivity index (χ1) is 8.90. The number of rotatable bonds is 3. The molecule has 1 aromatic heterocycles. The van der Waals surface area contributed by atoms with Gasteiger partial charge < -0.3 is 0 Å². The maximum absolute atomic E-state index is 13.1. The summed E-state index contributed by atoms with van der Waals surface area (Å²) in [5.74, 6) is -2.37. The van der Waals surface area contributed by atoms with E-state index in [1.54, 1.807) is 14.0 Å². The van der Waals surface area contributed by atoms with Crippen LogP contribution in [0.15, 0.2) is 18.2 Å². The molecule has 2 rings (SSSR count). The second-order valence-electron chi connectivity index (χ2n) is 4.20. The van der Waals surface area contributed by atoms with Gasteiger partial charge in [-0.3, -0.25) is 9.48 Å². The molecule has 0 spiro atoms. The molecule has 0 radical (unpaired) electrons. The van der Waals surface area contributed by atoms with Gasteiger partial charge in [0.1, 0.15) is 0 Å². The summed E-state index contributed by atoms with van der Waals surface area (Å²) in [4.78, 5) is 12.0. The number of halogens is 3. The summed E-state index contributed by atoms with van der Waals surface area (Å²) in [7, 11) is 1.67. The molecule has 19 heavy (non-hydrogen) atoms. The summed E-state index contributed by atoms with van der Waals surface area (Å²) < 4.78 is 27.4. The van der Waals surface area contributed by atoms with Crippen LogP contribution in [0.5, 0.6) is 0 Å². The summed E-state index contributed by atoms with van der Waals surface area (Å²) in [5, 5.41) is 4.50. The van der Waals surface area contributed by atoms with Crippen LogP contribution in [0.1, 0.15) is 21.7 Å². The maximum Gasteiger partial charge on any atom is 0.168 e. The highest BCUT2D eigenvalue weighted by Crippen LogP contribution is 2.21. The highest BCUT2D eigenvalue weighted by molar-refractivity contribution is 6.32. The molecule has 0 saturated heterocycles. The van der Waals surface area contributed by atoms with Crippen molar-refractivity contribution in [3.8, 4) is 0 Å². The number of carbonyl (C=O) groups is 1. The second-order valence-corrected chi connectivity index (χ2v) is 4.58. The maximum atomic E-state index is 13.1. The SMILES string of the molecule is Cc1nn(C)c(CC(=O)c2ccc(F)c(F)c2)c1Cl. The lowest BCUT2D eigenvalue weighted by Gasteiger charge is -2.03. The minimum Gasteiger partial charge on any atom is -0.294 e. The van der Waals surface area contributed by atoms with Gasteiger partial charge in [0.2, 0.25) is 0 Å². The minimum absolute atomic E-state index is 0.0127. The second kappa shape index (κ2) is 5.09. The third-order valence-corrected chi connectivity index (χ3v) is 3.32. The van der Waals surface area contributed by atoms with Crippen molar-refractivity contribution in [2.24, 2.45) is 7.05 Å². The number of benzene rings is 1. The fourth-order valence-electron chi connectivity index (χ4n) is 1.80. The van der Waals surface area contributed by atoms with Crippen LogP contribution in [0.4, 0.5) is 8.78 Å². The first-order valence-electron chi connectivity index (χ1n) is 5.56. The van der Waals surface area contributed by atoms with E-state index >= 15 is 0 Å². The lowest BCUT2D eigenvalue weighted by Crippen LogP contribution is -2.09. The molecule has 2 aromatic rings. The highest BCUT2D eigenvalue weighted by atomic mass is 35.5. The van der Waals surface area contributed by atoms with Gasteiger partial charge in [0, 0.05) is 12.6 Å². The third-order valence-electron chi connectivity index (χ3n) is 2.83. The molecule has 1 heterocycles. The first-order valence-corrected chi connectivity index (χ1v) is 5.94. The van der Waals surface area contributed by atoms with E-state index in [9.17, 15) is 13.6 Å². The van der Waals surface area contributed by atoms with E-state index in [-0.39, 0.29) is 17.8 Å². The monoisotopic (exact) mass is 284 g/mol. The Balaban J connectivity index is 2.28. The van der Waals surface area contributed by atoms with Gasteiger partial charge in [0.25, 0.3) is 0 Å². The van der Waals surface area contributed by atoms with E-state index in [1.165, 1.54) is 10.7 Å². The standard InChI is InChI=1S/C13H11ClF2N2O/c1-7-13(14)11(18(2)17-7)6-12(19)8-3-4-9(15)10(16)5-8/h3-5H,6H2,1-2H3. The molecule has 1 aromatic carbocycles. The smallest absolute Gasteiger partial charge is 0.168 e. The Morgan fingerprint density at radius 2 is 2.05 bits per heavy atom. The third kappa shape index (κ3) is 2.66. The quantitative estimate of drug-likeness (QED) is 0.812. The fourth-order valence-corrected chi connectivity index (χ4v) is 2.02. The van der Waals surface area contributed by atoms with E-state index in [4.69, 9.17) is 11.6 Å². The summed E-state index contributed by atoms with van der Waals surface area (Å²) in [6, 6.07) is 3.06. The van der Waals surface area contributed by atoms with Crippen LogP contribution < -0.4 is 0 Å². The molecule has 0 bridgehead atoms. The normalized spacial score (nSPS) is 10.8. The predicted molar refractivity (Wildman–Crippen MR) is 67.3 cm³/mol. The lowest BCUT2D eigenvalue weighted by atomic mass is 10.1. The number of carbonyl (C=O) groups excluding carboxylic acids is 1. The zero-order chi connectivity index (χ0) is 14.2. The Morgan fingerprint density at radius 1 is 1.37 bits per heavy atom. The zero-order valence-electron chi connectivity index (χ0n) is 10.4. The topological polar surface area (TPSA) is 34.9 Å². The van der Waals surface area contributed by atoms with Crippen molar-refractivity contribution in [2.75, 3.05) is 0 Å². The van der Waals surface area contributed by atoms with Crippen LogP contribution in [0.2, 0.25) is 5.02 Å². The van der Waals surface area contributed by atoms with E-state index in [0.29, 0.717) is 16.4 Å². The first kappa shape index (κ1) is 13.7. The summed E-state index contributed by atoms with van der Waals surface area (Å²) >= 11 is 6.03. The minimum atomic E-state index is -1.04. The van der Waals surface area contributed by atoms with Gasteiger partial charge in [-0.25, -0.2) is 8.78 Å². The molecule has 0 aliphatic carbocycles. The fraction of sp³-hybridized carbons (Fsp3) is 0.231. The van der Waals surface area contributed by atoms with E-state index in [0.717, 1.165) is 12.1 Å². The van der Waals surface area contributed by atoms with Crippen molar-refractivity contribution in [3.05, 3.63) is 51.8 Å². The summed E-state index contributed by atoms with van der Waals surface area (Å²) in [5.41, 5.74) is 1.28. The molecule has 6 heteroatoms. The molecule has 0 aliphatic rings. The van der Waals surface area contributed by atoms with Gasteiger partial charge in [-0.15, -0.1) is 0 Å². The van der Waals surface area contributed by atoms with Crippen molar-refractivity contribution in [3.63, 3.8) is 0 Å². The van der Waals surface area contributed by atoms with Crippen LogP contribution in [0, 0.1) is 18.6 Å². The molecule has 0 saturated carbocycles. The Kier molecular flexibility index (Phi) is 3.66. The van der Waals surface area contributed by atoms with Gasteiger partial charge in [0.05, 0.1) is 22.8 Å². The molecule has 0 atom stereocenters. The summed E-state index contributed by atoms with van der Waals surface area (Å²) in [6.45, 7) is 1.73. The summed E-state index contributed by atoms with van der Waals surface area (Å²) in [6.07, 6.45) is -0.0127. The van der Waals surface area contributed by atoms with E-state index < -0.39 is 11.6 Å². The van der Waals surface area contributed by atoms with Gasteiger partial charge >= 0.3 is 0 Å². The number of aryl methyl sites for hydroxylation is 2. The van der Waals surface area contributed by atoms with E-state index in [2.05, 4.69) is 5.10 Å². The Labute approximate surface area is 113 Å². The largest absolute Gasteiger partial charge is 0.294 e. The molecule has 0 fully saturated rings. The van der Waals surface area contributed by atoms with Gasteiger partial charge in [0.15, 0.2) is 17.4 Å². The van der Waals surface area contributed by atoms with Crippen molar-refractivity contribution >= 4 is 17.4 Å². The zero-order valence-corrected chi connectivity index (χ0v) is 11.1. The lowest BCUT2D eigenvalue weighted by molar-refractivity contribution is 0.0990. The number of ketones is 1. The number of aromatic nitrogens is 2. The number of hydrogen-bond donors (Lipinski definition) is 0. The number of hydrogen-bond acceptors (Lipinski definition) is 2. The average molecular weight is 285 g/mol. The van der Waals surface area contributed by atoms with Gasteiger partial charge in [-0.2, -0.15) is 5.10 Å². The van der Waals surface area contributed by atoms with Crippen LogP contribution in [0.3, 0.4) is 0 Å². The predicted octanol–water partition coefficient (Wildman–Crippen LogP) is 3.09. The molecule has 0 aliphatic heterocycles.